The van der Waals surface area contributed by atoms with Crippen molar-refractivity contribution in [2.24, 2.45) is 0 Å². The Balaban J connectivity index is 2.35. The molecule has 0 unspecified atom stereocenters. The van der Waals surface area contributed by atoms with Gasteiger partial charge in [-0.3, -0.25) is 0 Å². The summed E-state index contributed by atoms with van der Waals surface area (Å²) >= 11 is 0. The number of anilines is 1. The molecule has 2 N–H and O–H groups in total. The average Bonchev–Trinajstić information content (AvgIpc) is 2.34. The largest absolute Gasteiger partial charge is 0.422 e. The molecule has 2 rings (SSSR count). The summed E-state index contributed by atoms with van der Waals surface area (Å²) in [6.45, 7) is 8.05. The van der Waals surface area contributed by atoms with E-state index in [-0.39, 0.29) is 0 Å². The Kier molecular flexibility index (Phi) is 3.69. The summed E-state index contributed by atoms with van der Waals surface area (Å²) in [7, 11) is 0. The monoisotopic (exact) mass is 257 g/mol. The Morgan fingerprint density at radius 3 is 2.58 bits per heavy atom. The number of ether oxygens (including phenoxy) is 1. The van der Waals surface area contributed by atoms with Crippen molar-refractivity contribution in [2.45, 2.75) is 33.6 Å². The Hall–Kier alpha value is -2.10. The molecule has 0 atom stereocenters. The highest BCUT2D eigenvalue weighted by Crippen LogP contribution is 2.28. The zero-order chi connectivity index (χ0) is 14.0. The second-order valence-corrected chi connectivity index (χ2v) is 4.96. The first-order valence-corrected chi connectivity index (χ1v) is 6.36. The van der Waals surface area contributed by atoms with E-state index >= 15 is 0 Å². The van der Waals surface area contributed by atoms with Crippen LogP contribution in [0.25, 0.3) is 0 Å². The second kappa shape index (κ2) is 5.26. The molecule has 0 amide bonds. The van der Waals surface area contributed by atoms with E-state index in [1.54, 1.807) is 0 Å². The molecule has 0 spiro atoms. The maximum absolute atomic E-state index is 5.99. The number of rotatable bonds is 3. The highest BCUT2D eigenvalue weighted by Gasteiger charge is 2.10. The number of aryl methyl sites for hydroxylation is 2. The van der Waals surface area contributed by atoms with Crippen LogP contribution in [0.1, 0.15) is 36.7 Å². The average molecular weight is 257 g/mol. The van der Waals surface area contributed by atoms with Gasteiger partial charge in [0.05, 0.1) is 11.4 Å². The van der Waals surface area contributed by atoms with Gasteiger partial charge in [0.2, 0.25) is 0 Å². The van der Waals surface area contributed by atoms with Crippen molar-refractivity contribution in [1.82, 2.24) is 9.97 Å². The third-order valence-corrected chi connectivity index (χ3v) is 2.93. The van der Waals surface area contributed by atoms with E-state index in [0.717, 1.165) is 17.0 Å². The highest BCUT2D eigenvalue weighted by molar-refractivity contribution is 5.58. The molecule has 0 fully saturated rings. The minimum atomic E-state index is 0.332. The number of hydrogen-bond acceptors (Lipinski definition) is 4. The molecular formula is C15H19N3O. The van der Waals surface area contributed by atoms with Gasteiger partial charge in [-0.2, -0.15) is 4.98 Å². The van der Waals surface area contributed by atoms with Crippen LogP contribution in [0, 0.1) is 13.8 Å². The lowest BCUT2D eigenvalue weighted by molar-refractivity contribution is 0.438. The van der Waals surface area contributed by atoms with Crippen molar-refractivity contribution in [3.05, 3.63) is 41.2 Å². The summed E-state index contributed by atoms with van der Waals surface area (Å²) in [6.07, 6.45) is 0. The summed E-state index contributed by atoms with van der Waals surface area (Å²) in [5.41, 5.74) is 9.45. The quantitative estimate of drug-likeness (QED) is 0.853. The normalized spacial score (nSPS) is 10.8. The first kappa shape index (κ1) is 13.3. The van der Waals surface area contributed by atoms with E-state index in [4.69, 9.17) is 10.5 Å². The SMILES string of the molecule is Cc1cc(C(C)C)nc(Oc2cccc(C)c2N)n1. The van der Waals surface area contributed by atoms with Crippen molar-refractivity contribution in [2.75, 3.05) is 5.73 Å². The molecule has 1 aromatic carbocycles. The number of benzene rings is 1. The van der Waals surface area contributed by atoms with Gasteiger partial charge in [-0.25, -0.2) is 4.98 Å². The van der Waals surface area contributed by atoms with Gasteiger partial charge in [0.15, 0.2) is 5.75 Å². The molecule has 0 aliphatic heterocycles. The van der Waals surface area contributed by atoms with E-state index in [2.05, 4.69) is 23.8 Å². The van der Waals surface area contributed by atoms with Crippen LogP contribution in [0.15, 0.2) is 24.3 Å². The summed E-state index contributed by atoms with van der Waals surface area (Å²) in [5, 5.41) is 0. The van der Waals surface area contributed by atoms with Crippen molar-refractivity contribution < 1.29 is 4.74 Å². The van der Waals surface area contributed by atoms with Gasteiger partial charge in [-0.15, -0.1) is 0 Å². The van der Waals surface area contributed by atoms with Crippen molar-refractivity contribution >= 4 is 5.69 Å². The van der Waals surface area contributed by atoms with Crippen molar-refractivity contribution in [3.63, 3.8) is 0 Å². The second-order valence-electron chi connectivity index (χ2n) is 4.96. The van der Waals surface area contributed by atoms with Gasteiger partial charge >= 0.3 is 6.01 Å². The van der Waals surface area contributed by atoms with E-state index < -0.39 is 0 Å². The van der Waals surface area contributed by atoms with Gasteiger partial charge in [-0.1, -0.05) is 26.0 Å². The summed E-state index contributed by atoms with van der Waals surface area (Å²) in [6, 6.07) is 7.99. The standard InChI is InChI=1S/C15H19N3O/c1-9(2)12-8-11(4)17-15(18-12)19-13-7-5-6-10(3)14(13)16/h5-9H,16H2,1-4H3. The number of nitrogens with zero attached hydrogens (tertiary/aromatic N) is 2. The number of hydrogen-bond donors (Lipinski definition) is 1. The molecule has 4 nitrogen and oxygen atoms in total. The van der Waals surface area contributed by atoms with Crippen LogP contribution in [-0.4, -0.2) is 9.97 Å². The molecule has 0 aliphatic rings. The van der Waals surface area contributed by atoms with Gasteiger partial charge < -0.3 is 10.5 Å². The fourth-order valence-electron chi connectivity index (χ4n) is 1.75. The van der Waals surface area contributed by atoms with Crippen LogP contribution in [0.4, 0.5) is 5.69 Å². The highest BCUT2D eigenvalue weighted by atomic mass is 16.5. The maximum Gasteiger partial charge on any atom is 0.322 e. The first-order valence-electron chi connectivity index (χ1n) is 6.36. The van der Waals surface area contributed by atoms with Gasteiger partial charge in [-0.05, 0) is 37.5 Å². The number of nitrogen functional groups attached to an aromatic ring is 1. The molecule has 100 valence electrons. The topological polar surface area (TPSA) is 61.0 Å². The predicted octanol–water partition coefficient (Wildman–Crippen LogP) is 3.59. The molecular weight excluding hydrogens is 238 g/mol. The first-order chi connectivity index (χ1) is 8.97. The number of nitrogens with two attached hydrogens (primary N) is 1. The molecule has 0 saturated carbocycles. The smallest absolute Gasteiger partial charge is 0.322 e. The van der Waals surface area contributed by atoms with Gasteiger partial charge in [0.1, 0.15) is 0 Å². The van der Waals surface area contributed by atoms with E-state index in [9.17, 15) is 0 Å². The van der Waals surface area contributed by atoms with Crippen LogP contribution in [-0.2, 0) is 0 Å². The summed E-state index contributed by atoms with van der Waals surface area (Å²) in [4.78, 5) is 8.70. The van der Waals surface area contributed by atoms with Crippen LogP contribution in [0.5, 0.6) is 11.8 Å². The minimum absolute atomic E-state index is 0.332. The molecule has 1 heterocycles. The van der Waals surface area contributed by atoms with Crippen LogP contribution < -0.4 is 10.5 Å². The predicted molar refractivity (Wildman–Crippen MR) is 76.5 cm³/mol. The van der Waals surface area contributed by atoms with Crippen molar-refractivity contribution in [3.8, 4) is 11.8 Å². The van der Waals surface area contributed by atoms with Gasteiger partial charge in [0, 0.05) is 5.69 Å². The third-order valence-electron chi connectivity index (χ3n) is 2.93. The van der Waals surface area contributed by atoms with E-state index in [1.807, 2.05) is 38.1 Å². The Morgan fingerprint density at radius 1 is 1.16 bits per heavy atom. The summed E-state index contributed by atoms with van der Waals surface area (Å²) < 4.78 is 5.71. The molecule has 2 aromatic rings. The summed E-state index contributed by atoms with van der Waals surface area (Å²) in [5.74, 6) is 0.930. The lowest BCUT2D eigenvalue weighted by atomic mass is 10.1. The fourth-order valence-corrected chi connectivity index (χ4v) is 1.75. The van der Waals surface area contributed by atoms with Crippen LogP contribution >= 0.6 is 0 Å². The number of para-hydroxylation sites is 1. The molecule has 19 heavy (non-hydrogen) atoms. The zero-order valence-electron chi connectivity index (χ0n) is 11.8. The van der Waals surface area contributed by atoms with Gasteiger partial charge in [0.25, 0.3) is 0 Å². The van der Waals surface area contributed by atoms with Crippen LogP contribution in [0.3, 0.4) is 0 Å². The number of aromatic nitrogens is 2. The lowest BCUT2D eigenvalue weighted by Crippen LogP contribution is -2.02. The molecule has 0 saturated heterocycles. The molecule has 0 aliphatic carbocycles. The zero-order valence-corrected chi connectivity index (χ0v) is 11.8. The Morgan fingerprint density at radius 2 is 1.89 bits per heavy atom. The molecule has 0 bridgehead atoms. The Bertz CT molecular complexity index is 594. The van der Waals surface area contributed by atoms with Crippen molar-refractivity contribution in [1.29, 1.82) is 0 Å². The third kappa shape index (κ3) is 3.02. The molecule has 1 aromatic heterocycles. The fraction of sp³-hybridized carbons (Fsp3) is 0.333. The maximum atomic E-state index is 5.99. The minimum Gasteiger partial charge on any atom is -0.422 e. The Labute approximate surface area is 113 Å². The lowest BCUT2D eigenvalue weighted by Gasteiger charge is -2.11. The van der Waals surface area contributed by atoms with E-state index in [1.165, 1.54) is 0 Å². The molecule has 4 heteroatoms. The molecule has 0 radical (unpaired) electrons. The van der Waals surface area contributed by atoms with E-state index in [0.29, 0.717) is 23.4 Å². The van der Waals surface area contributed by atoms with Crippen LogP contribution in [0.2, 0.25) is 0 Å².